The Labute approximate surface area is 120 Å². The zero-order valence-electron chi connectivity index (χ0n) is 12.3. The van der Waals surface area contributed by atoms with Crippen molar-refractivity contribution in [3.8, 4) is 0 Å². The lowest BCUT2D eigenvalue weighted by molar-refractivity contribution is -0.00922. The van der Waals surface area contributed by atoms with Crippen LogP contribution in [-0.2, 0) is 11.2 Å². The van der Waals surface area contributed by atoms with Crippen LogP contribution >= 0.6 is 11.6 Å². The molecule has 1 aromatic carbocycles. The fourth-order valence-electron chi connectivity index (χ4n) is 2.42. The van der Waals surface area contributed by atoms with E-state index in [-0.39, 0.29) is 23.4 Å². The van der Waals surface area contributed by atoms with Gasteiger partial charge < -0.3 is 10.1 Å². The molecule has 0 fully saturated rings. The summed E-state index contributed by atoms with van der Waals surface area (Å²) in [5.41, 5.74) is 0.787. The van der Waals surface area contributed by atoms with Crippen LogP contribution in [0.15, 0.2) is 18.2 Å². The summed E-state index contributed by atoms with van der Waals surface area (Å²) in [5.74, 6) is -0.265. The van der Waals surface area contributed by atoms with Crippen molar-refractivity contribution in [1.29, 1.82) is 0 Å². The fraction of sp³-hybridized carbons (Fsp3) is 0.600. The molecule has 0 saturated carbocycles. The lowest BCUT2D eigenvalue weighted by Crippen LogP contribution is -2.47. The van der Waals surface area contributed by atoms with Crippen LogP contribution in [-0.4, -0.2) is 26.3 Å². The minimum atomic E-state index is -0.265. The maximum atomic E-state index is 13.3. The third-order valence-corrected chi connectivity index (χ3v) is 3.66. The van der Waals surface area contributed by atoms with E-state index in [9.17, 15) is 4.39 Å². The Morgan fingerprint density at radius 2 is 2.00 bits per heavy atom. The van der Waals surface area contributed by atoms with Crippen molar-refractivity contribution in [1.82, 2.24) is 5.32 Å². The van der Waals surface area contributed by atoms with E-state index in [1.165, 1.54) is 12.1 Å². The third kappa shape index (κ3) is 4.44. The predicted octanol–water partition coefficient (Wildman–Crippen LogP) is 3.67. The highest BCUT2D eigenvalue weighted by Gasteiger charge is 2.31. The second kappa shape index (κ2) is 6.69. The molecule has 0 spiro atoms. The van der Waals surface area contributed by atoms with Crippen molar-refractivity contribution >= 4 is 11.6 Å². The number of likely N-dealkylation sites (N-methyl/N-ethyl adjacent to an activating group) is 1. The average molecular weight is 288 g/mol. The number of hydrogen-bond donors (Lipinski definition) is 1. The van der Waals surface area contributed by atoms with Crippen LogP contribution in [0.2, 0.25) is 5.02 Å². The van der Waals surface area contributed by atoms with E-state index >= 15 is 0 Å². The fourth-order valence-corrected chi connectivity index (χ4v) is 2.61. The number of benzene rings is 1. The van der Waals surface area contributed by atoms with Gasteiger partial charge in [0.2, 0.25) is 0 Å². The summed E-state index contributed by atoms with van der Waals surface area (Å²) < 4.78 is 18.9. The molecule has 19 heavy (non-hydrogen) atoms. The van der Waals surface area contributed by atoms with Crippen LogP contribution in [0.5, 0.6) is 0 Å². The Kier molecular flexibility index (Phi) is 5.78. The largest absolute Gasteiger partial charge is 0.379 e. The van der Waals surface area contributed by atoms with Gasteiger partial charge in [-0.3, -0.25) is 0 Å². The molecule has 1 rings (SSSR count). The molecule has 0 saturated heterocycles. The molecule has 0 heterocycles. The van der Waals surface area contributed by atoms with Crippen molar-refractivity contribution in [2.45, 2.75) is 39.3 Å². The maximum Gasteiger partial charge on any atom is 0.123 e. The first-order chi connectivity index (χ1) is 8.79. The molecule has 2 nitrogen and oxygen atoms in total. The lowest BCUT2D eigenvalue weighted by Gasteiger charge is -2.36. The highest BCUT2D eigenvalue weighted by Crippen LogP contribution is 2.27. The Balaban J connectivity index is 2.95. The highest BCUT2D eigenvalue weighted by atomic mass is 35.5. The summed E-state index contributed by atoms with van der Waals surface area (Å²) in [5, 5.41) is 3.84. The van der Waals surface area contributed by atoms with Crippen LogP contribution < -0.4 is 5.32 Å². The van der Waals surface area contributed by atoms with E-state index in [0.717, 1.165) is 5.56 Å². The number of methoxy groups -OCH3 is 1. The second-order valence-electron chi connectivity index (χ2n) is 5.86. The molecular formula is C15H23ClFNO. The van der Waals surface area contributed by atoms with E-state index in [1.807, 2.05) is 7.05 Å². The molecule has 4 heteroatoms. The summed E-state index contributed by atoms with van der Waals surface area (Å²) in [6.07, 6.45) is 0.639. The van der Waals surface area contributed by atoms with Gasteiger partial charge in [-0.1, -0.05) is 32.4 Å². The molecule has 2 unspecified atom stereocenters. The van der Waals surface area contributed by atoms with Crippen LogP contribution in [0.25, 0.3) is 0 Å². The first-order valence-corrected chi connectivity index (χ1v) is 6.81. The normalized spacial score (nSPS) is 15.3. The maximum absolute atomic E-state index is 13.3. The van der Waals surface area contributed by atoms with Gasteiger partial charge in [0, 0.05) is 18.2 Å². The van der Waals surface area contributed by atoms with Gasteiger partial charge in [-0.15, -0.1) is 0 Å². The monoisotopic (exact) mass is 287 g/mol. The lowest BCUT2D eigenvalue weighted by atomic mass is 9.82. The third-order valence-electron chi connectivity index (χ3n) is 3.29. The van der Waals surface area contributed by atoms with E-state index in [2.05, 4.69) is 26.1 Å². The first-order valence-electron chi connectivity index (χ1n) is 6.43. The summed E-state index contributed by atoms with van der Waals surface area (Å²) in [6.45, 7) is 6.37. The predicted molar refractivity (Wildman–Crippen MR) is 78.2 cm³/mol. The Morgan fingerprint density at radius 1 is 1.37 bits per heavy atom. The van der Waals surface area contributed by atoms with Gasteiger partial charge in [-0.05, 0) is 42.6 Å². The van der Waals surface area contributed by atoms with Crippen LogP contribution in [0.3, 0.4) is 0 Å². The van der Waals surface area contributed by atoms with Crippen LogP contribution in [0.1, 0.15) is 26.3 Å². The molecule has 0 aliphatic heterocycles. The number of rotatable bonds is 5. The summed E-state index contributed by atoms with van der Waals surface area (Å²) in [7, 11) is 3.59. The van der Waals surface area contributed by atoms with Gasteiger partial charge >= 0.3 is 0 Å². The Bertz CT molecular complexity index is 417. The smallest absolute Gasteiger partial charge is 0.123 e. The zero-order valence-corrected chi connectivity index (χ0v) is 13.0. The molecule has 0 amide bonds. The van der Waals surface area contributed by atoms with Crippen molar-refractivity contribution in [3.63, 3.8) is 0 Å². The zero-order chi connectivity index (χ0) is 14.6. The van der Waals surface area contributed by atoms with E-state index in [4.69, 9.17) is 16.3 Å². The standard InChI is InChI=1S/C15H23ClFNO/c1-15(2,3)14(19-5)13(18-4)9-10-8-11(17)6-7-12(10)16/h6-8,13-14,18H,9H2,1-5H3. The van der Waals surface area contributed by atoms with Gasteiger partial charge in [0.05, 0.1) is 6.10 Å². The van der Waals surface area contributed by atoms with Crippen LogP contribution in [0, 0.1) is 11.2 Å². The minimum absolute atomic E-state index is 0.0110. The summed E-state index contributed by atoms with van der Waals surface area (Å²) >= 11 is 6.12. The molecule has 0 aliphatic rings. The number of ether oxygens (including phenoxy) is 1. The van der Waals surface area contributed by atoms with Gasteiger partial charge in [0.15, 0.2) is 0 Å². The van der Waals surface area contributed by atoms with E-state index in [1.54, 1.807) is 13.2 Å². The number of hydrogen-bond acceptors (Lipinski definition) is 2. The SMILES string of the molecule is CNC(Cc1cc(F)ccc1Cl)C(OC)C(C)(C)C. The van der Waals surface area contributed by atoms with Gasteiger partial charge in [0.25, 0.3) is 0 Å². The van der Waals surface area contributed by atoms with E-state index < -0.39 is 0 Å². The first kappa shape index (κ1) is 16.4. The Hall–Kier alpha value is -0.640. The molecule has 2 atom stereocenters. The molecular weight excluding hydrogens is 265 g/mol. The molecule has 108 valence electrons. The molecule has 0 radical (unpaired) electrons. The topological polar surface area (TPSA) is 21.3 Å². The second-order valence-corrected chi connectivity index (χ2v) is 6.26. The minimum Gasteiger partial charge on any atom is -0.379 e. The molecule has 0 aliphatic carbocycles. The molecule has 0 bridgehead atoms. The van der Waals surface area contributed by atoms with Gasteiger partial charge in [-0.25, -0.2) is 4.39 Å². The van der Waals surface area contributed by atoms with Gasteiger partial charge in [-0.2, -0.15) is 0 Å². The quantitative estimate of drug-likeness (QED) is 0.892. The van der Waals surface area contributed by atoms with Gasteiger partial charge in [0.1, 0.15) is 5.82 Å². The summed E-state index contributed by atoms with van der Waals surface area (Å²) in [4.78, 5) is 0. The van der Waals surface area contributed by atoms with E-state index in [0.29, 0.717) is 11.4 Å². The Morgan fingerprint density at radius 3 is 2.47 bits per heavy atom. The van der Waals surface area contributed by atoms with Crippen LogP contribution in [0.4, 0.5) is 4.39 Å². The highest BCUT2D eigenvalue weighted by molar-refractivity contribution is 6.31. The molecule has 0 aromatic heterocycles. The van der Waals surface area contributed by atoms with Crippen molar-refractivity contribution in [3.05, 3.63) is 34.6 Å². The average Bonchev–Trinajstić information content (AvgIpc) is 2.31. The van der Waals surface area contributed by atoms with Crippen molar-refractivity contribution < 1.29 is 9.13 Å². The van der Waals surface area contributed by atoms with Crippen molar-refractivity contribution in [2.24, 2.45) is 5.41 Å². The summed E-state index contributed by atoms with van der Waals surface area (Å²) in [6, 6.07) is 4.53. The molecule has 1 aromatic rings. The number of halogens is 2. The molecule has 1 N–H and O–H groups in total. The number of nitrogens with one attached hydrogen (secondary N) is 1. The van der Waals surface area contributed by atoms with Crippen molar-refractivity contribution in [2.75, 3.05) is 14.2 Å².